The van der Waals surface area contributed by atoms with Gasteiger partial charge in [0, 0.05) is 22.0 Å². The molecule has 4 aromatic rings. The number of carbonyl (C=O) groups excluding carboxylic acids is 1. The van der Waals surface area contributed by atoms with Crippen molar-refractivity contribution in [3.8, 4) is 17.2 Å². The van der Waals surface area contributed by atoms with Gasteiger partial charge in [0.1, 0.15) is 16.9 Å². The van der Waals surface area contributed by atoms with Gasteiger partial charge in [-0.25, -0.2) is 4.79 Å². The molecule has 0 aliphatic rings. The molecular formula is C26H18BrNO7. The lowest BCUT2D eigenvalue weighted by Crippen LogP contribution is -2.11. The van der Waals surface area contributed by atoms with E-state index in [0.29, 0.717) is 40.4 Å². The fourth-order valence-electron chi connectivity index (χ4n) is 3.27. The molecule has 0 aliphatic heterocycles. The average Bonchev–Trinajstić information content (AvgIpc) is 2.84. The minimum absolute atomic E-state index is 0.0411. The van der Waals surface area contributed by atoms with Crippen molar-refractivity contribution in [1.82, 2.24) is 0 Å². The highest BCUT2D eigenvalue weighted by Gasteiger charge is 2.13. The molecule has 35 heavy (non-hydrogen) atoms. The number of hydrogen-bond donors (Lipinski definition) is 0. The lowest BCUT2D eigenvalue weighted by molar-refractivity contribution is -0.384. The summed E-state index contributed by atoms with van der Waals surface area (Å²) < 4.78 is 17.5. The molecule has 0 aliphatic carbocycles. The Morgan fingerprint density at radius 3 is 2.54 bits per heavy atom. The molecule has 1 heterocycles. The summed E-state index contributed by atoms with van der Waals surface area (Å²) in [6.45, 7) is 2.19. The van der Waals surface area contributed by atoms with Crippen LogP contribution >= 0.6 is 15.9 Å². The van der Waals surface area contributed by atoms with Gasteiger partial charge in [0.05, 0.1) is 11.5 Å². The molecular weight excluding hydrogens is 518 g/mol. The fourth-order valence-corrected chi connectivity index (χ4v) is 3.65. The molecule has 0 atom stereocenters. The van der Waals surface area contributed by atoms with E-state index in [0.717, 1.165) is 4.47 Å². The van der Waals surface area contributed by atoms with Crippen LogP contribution in [0.3, 0.4) is 0 Å². The summed E-state index contributed by atoms with van der Waals surface area (Å²) in [6, 6.07) is 17.4. The number of benzene rings is 3. The van der Waals surface area contributed by atoms with Crippen LogP contribution in [0.4, 0.5) is 5.69 Å². The number of nitro groups is 1. The van der Waals surface area contributed by atoms with Gasteiger partial charge in [-0.1, -0.05) is 28.1 Å². The van der Waals surface area contributed by atoms with Crippen molar-refractivity contribution in [3.63, 3.8) is 0 Å². The number of allylic oxidation sites excluding steroid dienone is 1. The van der Waals surface area contributed by atoms with Gasteiger partial charge in [0.25, 0.3) is 5.69 Å². The van der Waals surface area contributed by atoms with Crippen LogP contribution in [0, 0.1) is 10.1 Å². The lowest BCUT2D eigenvalue weighted by Gasteiger charge is -2.12. The lowest BCUT2D eigenvalue weighted by atomic mass is 10.1. The summed E-state index contributed by atoms with van der Waals surface area (Å²) in [6.07, 6.45) is 2.85. The van der Waals surface area contributed by atoms with E-state index in [1.54, 1.807) is 42.5 Å². The number of hydrogen-bond acceptors (Lipinski definition) is 7. The number of non-ortho nitro benzene ring substituents is 1. The zero-order valence-electron chi connectivity index (χ0n) is 18.4. The van der Waals surface area contributed by atoms with Crippen molar-refractivity contribution in [2.24, 2.45) is 0 Å². The topological polar surface area (TPSA) is 109 Å². The molecule has 0 saturated heterocycles. The Labute approximate surface area is 207 Å². The third-order valence-electron chi connectivity index (χ3n) is 4.93. The number of halogens is 1. The first-order valence-electron chi connectivity index (χ1n) is 10.5. The Hall–Kier alpha value is -4.24. The summed E-state index contributed by atoms with van der Waals surface area (Å²) in [5.41, 5.74) is 0.210. The molecule has 4 rings (SSSR count). The molecule has 0 spiro atoms. The summed E-state index contributed by atoms with van der Waals surface area (Å²) in [7, 11) is 0. The molecule has 3 aromatic carbocycles. The van der Waals surface area contributed by atoms with Crippen molar-refractivity contribution >= 4 is 44.4 Å². The van der Waals surface area contributed by atoms with Gasteiger partial charge in [-0.15, -0.1) is 0 Å². The van der Waals surface area contributed by atoms with E-state index < -0.39 is 16.3 Å². The van der Waals surface area contributed by atoms with E-state index in [-0.39, 0.29) is 11.3 Å². The van der Waals surface area contributed by atoms with Gasteiger partial charge in [-0.2, -0.15) is 0 Å². The summed E-state index contributed by atoms with van der Waals surface area (Å²) >= 11 is 3.36. The van der Waals surface area contributed by atoms with E-state index in [4.69, 9.17) is 13.9 Å². The maximum absolute atomic E-state index is 12.7. The van der Waals surface area contributed by atoms with Crippen LogP contribution in [0.1, 0.15) is 22.8 Å². The van der Waals surface area contributed by atoms with Crippen LogP contribution < -0.4 is 15.1 Å². The molecule has 0 N–H and O–H groups in total. The monoisotopic (exact) mass is 535 g/mol. The standard InChI is InChI=1S/C26H18BrNO7/c1-2-33-25-13-16(4-11-24(25)34-20-8-6-19(7-9-20)28(31)32)3-10-22(29)21-15-17-14-18(27)5-12-23(17)35-26(21)30/h3-15H,2H2,1H3/b10-3+. The van der Waals surface area contributed by atoms with Crippen molar-refractivity contribution in [2.75, 3.05) is 6.61 Å². The molecule has 0 unspecified atom stereocenters. The van der Waals surface area contributed by atoms with E-state index in [9.17, 15) is 19.7 Å². The van der Waals surface area contributed by atoms with Crippen LogP contribution in [0.15, 0.2) is 86.5 Å². The number of rotatable bonds is 8. The molecule has 8 nitrogen and oxygen atoms in total. The molecule has 0 radical (unpaired) electrons. The second-order valence-electron chi connectivity index (χ2n) is 7.32. The van der Waals surface area contributed by atoms with Gasteiger partial charge in [-0.3, -0.25) is 14.9 Å². The summed E-state index contributed by atoms with van der Waals surface area (Å²) in [4.78, 5) is 35.3. The van der Waals surface area contributed by atoms with E-state index in [2.05, 4.69) is 15.9 Å². The SMILES string of the molecule is CCOc1cc(/C=C/C(=O)c2cc3cc(Br)ccc3oc2=O)ccc1Oc1ccc([N+](=O)[O-])cc1. The third kappa shape index (κ3) is 5.64. The normalized spacial score (nSPS) is 11.0. The third-order valence-corrected chi connectivity index (χ3v) is 5.42. The number of ketones is 1. The summed E-state index contributed by atoms with van der Waals surface area (Å²) in [5.74, 6) is 0.745. The molecule has 1 aromatic heterocycles. The molecule has 0 amide bonds. The highest BCUT2D eigenvalue weighted by Crippen LogP contribution is 2.33. The van der Waals surface area contributed by atoms with Gasteiger partial charge in [0.2, 0.25) is 0 Å². The highest BCUT2D eigenvalue weighted by molar-refractivity contribution is 9.10. The smallest absolute Gasteiger partial charge is 0.347 e. The van der Waals surface area contributed by atoms with Gasteiger partial charge in [-0.05, 0) is 67.1 Å². The molecule has 9 heteroatoms. The fraction of sp³-hybridized carbons (Fsp3) is 0.0769. The van der Waals surface area contributed by atoms with Crippen LogP contribution in [-0.4, -0.2) is 17.3 Å². The summed E-state index contributed by atoms with van der Waals surface area (Å²) in [5, 5.41) is 11.5. The van der Waals surface area contributed by atoms with Gasteiger partial charge in [0.15, 0.2) is 17.3 Å². The average molecular weight is 536 g/mol. The molecule has 0 saturated carbocycles. The van der Waals surface area contributed by atoms with E-state index in [1.165, 1.54) is 36.4 Å². The molecule has 176 valence electrons. The maximum atomic E-state index is 12.7. The largest absolute Gasteiger partial charge is 0.490 e. The Kier molecular flexibility index (Phi) is 7.07. The van der Waals surface area contributed by atoms with Crippen LogP contribution in [0.25, 0.3) is 17.0 Å². The Morgan fingerprint density at radius 2 is 1.83 bits per heavy atom. The Morgan fingerprint density at radius 1 is 1.06 bits per heavy atom. The quantitative estimate of drug-likeness (QED) is 0.0826. The van der Waals surface area contributed by atoms with Crippen LogP contribution in [0.2, 0.25) is 0 Å². The second-order valence-corrected chi connectivity index (χ2v) is 8.24. The van der Waals surface area contributed by atoms with Crippen LogP contribution in [-0.2, 0) is 0 Å². The zero-order valence-corrected chi connectivity index (χ0v) is 20.0. The predicted molar refractivity (Wildman–Crippen MR) is 134 cm³/mol. The number of carbonyl (C=O) groups is 1. The van der Waals surface area contributed by atoms with Crippen molar-refractivity contribution in [2.45, 2.75) is 6.92 Å². The molecule has 0 bridgehead atoms. The second kappa shape index (κ2) is 10.4. The van der Waals surface area contributed by atoms with Crippen LogP contribution in [0.5, 0.6) is 17.2 Å². The first-order chi connectivity index (χ1) is 16.8. The van der Waals surface area contributed by atoms with Gasteiger partial charge < -0.3 is 13.9 Å². The molecule has 0 fully saturated rings. The number of nitrogens with zero attached hydrogens (tertiary/aromatic N) is 1. The Balaban J connectivity index is 1.56. The van der Waals surface area contributed by atoms with Crippen molar-refractivity contribution < 1.29 is 23.6 Å². The Bertz CT molecular complexity index is 1510. The zero-order chi connectivity index (χ0) is 24.9. The first-order valence-corrected chi connectivity index (χ1v) is 11.3. The first kappa shape index (κ1) is 23.9. The minimum atomic E-state index is -0.712. The number of nitro benzene ring substituents is 1. The number of ether oxygens (including phenoxy) is 2. The van der Waals surface area contributed by atoms with E-state index >= 15 is 0 Å². The van der Waals surface area contributed by atoms with Crippen molar-refractivity contribution in [1.29, 1.82) is 0 Å². The van der Waals surface area contributed by atoms with Crippen molar-refractivity contribution in [3.05, 3.63) is 109 Å². The predicted octanol–water partition coefficient (Wildman–Crippen LogP) is 6.55. The van der Waals surface area contributed by atoms with E-state index in [1.807, 2.05) is 6.92 Å². The minimum Gasteiger partial charge on any atom is -0.490 e. The maximum Gasteiger partial charge on any atom is 0.347 e. The highest BCUT2D eigenvalue weighted by atomic mass is 79.9. The number of fused-ring (bicyclic) bond motifs is 1. The van der Waals surface area contributed by atoms with Gasteiger partial charge >= 0.3 is 5.63 Å².